The molecule has 0 saturated carbocycles. The van der Waals surface area contributed by atoms with E-state index in [1.54, 1.807) is 0 Å². The minimum Gasteiger partial charge on any atom is -0.311 e. The van der Waals surface area contributed by atoms with Gasteiger partial charge in [0.1, 0.15) is 0 Å². The second-order valence-corrected chi connectivity index (χ2v) is 22.0. The van der Waals surface area contributed by atoms with Crippen molar-refractivity contribution in [1.82, 2.24) is 4.57 Å². The molecule has 0 amide bonds. The Labute approximate surface area is 494 Å². The van der Waals surface area contributed by atoms with Crippen LogP contribution in [0.4, 0.5) is 34.1 Å². The SMILES string of the molecule is c1ccc(-c2ccc(N(c3ccccc3)c3ccc(-c4ccc5c(c4)c4cc(N(c6ccc(-c7ccccc7)cc6)c6ccc(-c7ccccc7)c7ccccc67)ccc4n5-c4ccc5c6ccccc6c6ccccc6c5c4)cc3)cc2)cc1. The molecule has 398 valence electrons. The molecule has 85 heavy (non-hydrogen) atoms. The largest absolute Gasteiger partial charge is 0.311 e. The number of hydrogen-bond donors (Lipinski definition) is 0. The average Bonchev–Trinajstić information content (AvgIpc) is 2.91. The van der Waals surface area contributed by atoms with Gasteiger partial charge in [0.15, 0.2) is 0 Å². The van der Waals surface area contributed by atoms with Crippen LogP contribution in [0, 0.1) is 0 Å². The molecule has 0 aliphatic heterocycles. The van der Waals surface area contributed by atoms with E-state index in [4.69, 9.17) is 0 Å². The van der Waals surface area contributed by atoms with Crippen LogP contribution in [0.2, 0.25) is 0 Å². The van der Waals surface area contributed by atoms with Crippen LogP contribution in [0.1, 0.15) is 0 Å². The Morgan fingerprint density at radius 1 is 0.188 bits per heavy atom. The number of anilines is 6. The van der Waals surface area contributed by atoms with Gasteiger partial charge in [0.2, 0.25) is 0 Å². The molecule has 0 aliphatic rings. The van der Waals surface area contributed by atoms with Gasteiger partial charge in [0, 0.05) is 50.3 Å². The molecule has 0 fully saturated rings. The van der Waals surface area contributed by atoms with Gasteiger partial charge in [-0.05, 0) is 179 Å². The Morgan fingerprint density at radius 3 is 1.12 bits per heavy atom. The lowest BCUT2D eigenvalue weighted by molar-refractivity contribution is 1.18. The summed E-state index contributed by atoms with van der Waals surface area (Å²) in [5.74, 6) is 0. The summed E-state index contributed by atoms with van der Waals surface area (Å²) in [7, 11) is 0. The fourth-order valence-electron chi connectivity index (χ4n) is 13.1. The molecule has 3 heteroatoms. The first-order valence-corrected chi connectivity index (χ1v) is 29.2. The number of benzene rings is 15. The van der Waals surface area contributed by atoms with Crippen molar-refractivity contribution in [2.75, 3.05) is 9.80 Å². The smallest absolute Gasteiger partial charge is 0.0542 e. The predicted molar refractivity (Wildman–Crippen MR) is 362 cm³/mol. The minimum atomic E-state index is 1.07. The molecule has 1 heterocycles. The van der Waals surface area contributed by atoms with Crippen molar-refractivity contribution in [3.63, 3.8) is 0 Å². The van der Waals surface area contributed by atoms with E-state index in [0.717, 1.165) is 62.0 Å². The third-order valence-corrected chi connectivity index (χ3v) is 17.2. The number of aromatic nitrogens is 1. The predicted octanol–water partition coefficient (Wildman–Crippen LogP) is 23.0. The monoisotopic (exact) mass is 1080 g/mol. The van der Waals surface area contributed by atoms with E-state index in [2.05, 4.69) is 348 Å². The van der Waals surface area contributed by atoms with E-state index in [-0.39, 0.29) is 0 Å². The lowest BCUT2D eigenvalue weighted by atomic mass is 9.94. The van der Waals surface area contributed by atoms with Crippen molar-refractivity contribution < 1.29 is 0 Å². The van der Waals surface area contributed by atoms with Gasteiger partial charge in [-0.3, -0.25) is 0 Å². The molecule has 15 aromatic carbocycles. The molecule has 0 aliphatic carbocycles. The standard InChI is InChI=1S/C82H55N3/c1-5-19-56(20-6-1)58-33-40-64(41-34-58)83(63-25-11-4-12-26-63)65-42-37-60(38-43-65)62-39-50-81-78(53-62)79-55-67(47-51-82(79)85(81)68-46-48-75-73-30-14-13-28-71(73)72-29-15-16-31-74(72)77(75)54-68)84(66-44-35-59(36-45-66)57-21-7-2-8-22-57)80-52-49-69(61-23-9-3-10-24-61)70-27-17-18-32-76(70)80/h1-55H. The van der Waals surface area contributed by atoms with Gasteiger partial charge in [0.05, 0.1) is 16.7 Å². The number of para-hydroxylation sites is 1. The third kappa shape index (κ3) is 8.77. The van der Waals surface area contributed by atoms with Gasteiger partial charge in [-0.15, -0.1) is 0 Å². The van der Waals surface area contributed by atoms with Gasteiger partial charge < -0.3 is 14.4 Å². The molecule has 0 bridgehead atoms. The molecular formula is C82H55N3. The van der Waals surface area contributed by atoms with Gasteiger partial charge in [-0.2, -0.15) is 0 Å². The van der Waals surface area contributed by atoms with Crippen LogP contribution in [0.3, 0.4) is 0 Å². The molecule has 16 rings (SSSR count). The fourth-order valence-corrected chi connectivity index (χ4v) is 13.1. The summed E-state index contributed by atoms with van der Waals surface area (Å²) in [6.07, 6.45) is 0. The highest BCUT2D eigenvalue weighted by Gasteiger charge is 2.22. The highest BCUT2D eigenvalue weighted by molar-refractivity contribution is 6.26. The highest BCUT2D eigenvalue weighted by Crippen LogP contribution is 2.46. The molecule has 0 unspecified atom stereocenters. The summed E-state index contributed by atoms with van der Waals surface area (Å²) in [6, 6.07) is 122. The zero-order valence-electron chi connectivity index (χ0n) is 46.6. The summed E-state index contributed by atoms with van der Waals surface area (Å²) in [6.45, 7) is 0. The first kappa shape index (κ1) is 49.5. The van der Waals surface area contributed by atoms with Crippen molar-refractivity contribution in [1.29, 1.82) is 0 Å². The molecule has 0 atom stereocenters. The first-order chi connectivity index (χ1) is 42.2. The van der Waals surface area contributed by atoms with Gasteiger partial charge in [0.25, 0.3) is 0 Å². The Balaban J connectivity index is 0.883. The van der Waals surface area contributed by atoms with Crippen LogP contribution < -0.4 is 9.80 Å². The Kier molecular flexibility index (Phi) is 12.2. The maximum Gasteiger partial charge on any atom is 0.0542 e. The second-order valence-electron chi connectivity index (χ2n) is 22.0. The maximum absolute atomic E-state index is 2.48. The van der Waals surface area contributed by atoms with Crippen LogP contribution in [-0.4, -0.2) is 4.57 Å². The molecular weight excluding hydrogens is 1030 g/mol. The molecule has 0 N–H and O–H groups in total. The molecule has 1 aromatic heterocycles. The summed E-state index contributed by atoms with van der Waals surface area (Å²) in [4.78, 5) is 4.80. The number of rotatable bonds is 11. The lowest BCUT2D eigenvalue weighted by Gasteiger charge is -2.28. The van der Waals surface area contributed by atoms with Gasteiger partial charge in [-0.25, -0.2) is 0 Å². The van der Waals surface area contributed by atoms with Crippen molar-refractivity contribution in [2.24, 2.45) is 0 Å². The molecule has 3 nitrogen and oxygen atoms in total. The lowest BCUT2D eigenvalue weighted by Crippen LogP contribution is -2.10. The van der Waals surface area contributed by atoms with Crippen molar-refractivity contribution in [3.8, 4) is 50.2 Å². The van der Waals surface area contributed by atoms with Crippen LogP contribution in [-0.2, 0) is 0 Å². The normalized spacial score (nSPS) is 11.5. The van der Waals surface area contributed by atoms with Crippen LogP contribution in [0.5, 0.6) is 0 Å². The van der Waals surface area contributed by atoms with E-state index in [9.17, 15) is 0 Å². The van der Waals surface area contributed by atoms with Gasteiger partial charge >= 0.3 is 0 Å². The van der Waals surface area contributed by atoms with Gasteiger partial charge in [-0.1, -0.05) is 237 Å². The third-order valence-electron chi connectivity index (χ3n) is 17.2. The van der Waals surface area contributed by atoms with E-state index in [0.29, 0.717) is 0 Å². The summed E-state index contributed by atoms with van der Waals surface area (Å²) < 4.78 is 2.48. The molecule has 16 aromatic rings. The second kappa shape index (κ2) is 20.9. The van der Waals surface area contributed by atoms with E-state index in [1.165, 1.54) is 87.2 Å². The average molecular weight is 1080 g/mol. The quantitative estimate of drug-likeness (QED) is 0.120. The summed E-state index contributed by atoms with van der Waals surface area (Å²) >= 11 is 0. The summed E-state index contributed by atoms with van der Waals surface area (Å²) in [5.41, 5.74) is 19.4. The maximum atomic E-state index is 2.48. The number of hydrogen-bond acceptors (Lipinski definition) is 2. The first-order valence-electron chi connectivity index (χ1n) is 29.2. The Bertz CT molecular complexity index is 5100. The van der Waals surface area contributed by atoms with Crippen LogP contribution in [0.15, 0.2) is 334 Å². The topological polar surface area (TPSA) is 11.4 Å². The van der Waals surface area contributed by atoms with Crippen molar-refractivity contribution in [3.05, 3.63) is 334 Å². The number of fused-ring (bicyclic) bond motifs is 10. The Morgan fingerprint density at radius 2 is 0.565 bits per heavy atom. The van der Waals surface area contributed by atoms with Crippen LogP contribution >= 0.6 is 0 Å². The summed E-state index contributed by atoms with van der Waals surface area (Å²) in [5, 5.41) is 12.3. The molecule has 0 spiro atoms. The Hall–Kier alpha value is -11.3. The fraction of sp³-hybridized carbons (Fsp3) is 0. The van der Waals surface area contributed by atoms with E-state index >= 15 is 0 Å². The zero-order valence-corrected chi connectivity index (χ0v) is 46.6. The highest BCUT2D eigenvalue weighted by atomic mass is 15.1. The van der Waals surface area contributed by atoms with E-state index < -0.39 is 0 Å². The number of nitrogens with zero attached hydrogens (tertiary/aromatic N) is 3. The van der Waals surface area contributed by atoms with Crippen molar-refractivity contribution >= 4 is 99.0 Å². The molecule has 0 radical (unpaired) electrons. The molecule has 0 saturated heterocycles. The zero-order chi connectivity index (χ0) is 56.2. The van der Waals surface area contributed by atoms with E-state index in [1.807, 2.05) is 0 Å². The van der Waals surface area contributed by atoms with Crippen LogP contribution in [0.25, 0.3) is 115 Å². The van der Waals surface area contributed by atoms with Crippen molar-refractivity contribution in [2.45, 2.75) is 0 Å². The minimum absolute atomic E-state index is 1.07.